The first-order valence-electron chi connectivity index (χ1n) is 7.41. The maximum atomic E-state index is 10.6. The van der Waals surface area contributed by atoms with Gasteiger partial charge in [-0.15, -0.1) is 0 Å². The first kappa shape index (κ1) is 12.0. The second kappa shape index (κ2) is 3.10. The summed E-state index contributed by atoms with van der Waals surface area (Å²) in [5.74, 6) is 2.38. The maximum Gasteiger partial charge on any atom is 0.0599 e. The van der Waals surface area contributed by atoms with E-state index in [1.54, 1.807) is 0 Å². The largest absolute Gasteiger partial charge is 0.393 e. The van der Waals surface area contributed by atoms with E-state index in [-0.39, 0.29) is 11.5 Å². The summed E-state index contributed by atoms with van der Waals surface area (Å²) in [6.45, 7) is 12.0. The minimum atomic E-state index is -0.0916. The van der Waals surface area contributed by atoms with Gasteiger partial charge in [0.25, 0.3) is 0 Å². The standard InChI is InChI=1S/C16H28O/c1-10-6-7-11-14(2,3)12-8-16(10,11)9-13(17)15(12,4)5/h10-13,17H,6-9H2,1-5H3/t10-,11+,12-,13+,16-/m1/s1. The summed E-state index contributed by atoms with van der Waals surface area (Å²) in [4.78, 5) is 0. The van der Waals surface area contributed by atoms with Gasteiger partial charge in [0, 0.05) is 0 Å². The van der Waals surface area contributed by atoms with E-state index in [1.165, 1.54) is 19.3 Å². The molecule has 0 aromatic rings. The quantitative estimate of drug-likeness (QED) is 0.677. The van der Waals surface area contributed by atoms with E-state index in [0.717, 1.165) is 18.3 Å². The molecule has 0 aliphatic heterocycles. The topological polar surface area (TPSA) is 20.2 Å². The molecule has 3 saturated carbocycles. The second-order valence-corrected chi connectivity index (χ2v) is 8.38. The highest BCUT2D eigenvalue weighted by molar-refractivity contribution is 5.17. The maximum absolute atomic E-state index is 10.6. The highest BCUT2D eigenvalue weighted by Gasteiger charge is 2.69. The van der Waals surface area contributed by atoms with E-state index in [4.69, 9.17) is 0 Å². The molecular formula is C16H28O. The molecule has 3 rings (SSSR count). The molecule has 0 aromatic heterocycles. The zero-order chi connectivity index (χ0) is 12.6. The van der Waals surface area contributed by atoms with E-state index in [0.29, 0.717) is 16.7 Å². The van der Waals surface area contributed by atoms with Crippen molar-refractivity contribution in [1.82, 2.24) is 0 Å². The van der Waals surface area contributed by atoms with Crippen molar-refractivity contribution in [3.63, 3.8) is 0 Å². The zero-order valence-corrected chi connectivity index (χ0v) is 12.1. The van der Waals surface area contributed by atoms with Crippen molar-refractivity contribution in [2.24, 2.45) is 34.0 Å². The average Bonchev–Trinajstić information content (AvgIpc) is 2.61. The summed E-state index contributed by atoms with van der Waals surface area (Å²) in [5.41, 5.74) is 1.01. The highest BCUT2D eigenvalue weighted by atomic mass is 16.3. The SMILES string of the molecule is C[C@@H]1CC[C@H]2C(C)(C)[C@H]3C[C@@]12C[C@H](O)C3(C)C. The van der Waals surface area contributed by atoms with E-state index < -0.39 is 0 Å². The van der Waals surface area contributed by atoms with Gasteiger partial charge in [-0.25, -0.2) is 0 Å². The lowest BCUT2D eigenvalue weighted by molar-refractivity contribution is -0.0770. The Hall–Kier alpha value is -0.0400. The number of fused-ring (bicyclic) bond motifs is 1. The van der Waals surface area contributed by atoms with Crippen molar-refractivity contribution in [1.29, 1.82) is 0 Å². The van der Waals surface area contributed by atoms with Crippen LogP contribution in [-0.2, 0) is 0 Å². The molecule has 0 saturated heterocycles. The summed E-state index contributed by atoms with van der Waals surface area (Å²) in [6, 6.07) is 0. The normalized spacial score (nSPS) is 54.7. The predicted octanol–water partition coefficient (Wildman–Crippen LogP) is 3.86. The number of aliphatic hydroxyl groups is 1. The van der Waals surface area contributed by atoms with E-state index in [2.05, 4.69) is 34.6 Å². The van der Waals surface area contributed by atoms with Gasteiger partial charge in [-0.2, -0.15) is 0 Å². The first-order chi connectivity index (χ1) is 7.73. The van der Waals surface area contributed by atoms with Crippen LogP contribution >= 0.6 is 0 Å². The molecule has 0 heterocycles. The fourth-order valence-corrected chi connectivity index (χ4v) is 6.18. The summed E-state index contributed by atoms with van der Waals surface area (Å²) >= 11 is 0. The molecule has 98 valence electrons. The van der Waals surface area contributed by atoms with Crippen molar-refractivity contribution in [2.75, 3.05) is 0 Å². The molecule has 17 heavy (non-hydrogen) atoms. The monoisotopic (exact) mass is 236 g/mol. The summed E-state index contributed by atoms with van der Waals surface area (Å²) in [7, 11) is 0. The van der Waals surface area contributed by atoms with Gasteiger partial charge >= 0.3 is 0 Å². The molecule has 1 heteroatoms. The van der Waals surface area contributed by atoms with Crippen molar-refractivity contribution in [3.8, 4) is 0 Å². The van der Waals surface area contributed by atoms with Gasteiger partial charge in [0.2, 0.25) is 0 Å². The third kappa shape index (κ3) is 1.20. The molecule has 0 aromatic carbocycles. The lowest BCUT2D eigenvalue weighted by atomic mass is 9.58. The minimum Gasteiger partial charge on any atom is -0.393 e. The van der Waals surface area contributed by atoms with E-state index in [9.17, 15) is 5.11 Å². The zero-order valence-electron chi connectivity index (χ0n) is 12.1. The predicted molar refractivity (Wildman–Crippen MR) is 70.6 cm³/mol. The van der Waals surface area contributed by atoms with Crippen molar-refractivity contribution < 1.29 is 5.11 Å². The van der Waals surface area contributed by atoms with Crippen LogP contribution in [0.3, 0.4) is 0 Å². The van der Waals surface area contributed by atoms with Crippen LogP contribution in [-0.4, -0.2) is 11.2 Å². The van der Waals surface area contributed by atoms with E-state index in [1.807, 2.05) is 0 Å². The Bertz CT molecular complexity index is 343. The van der Waals surface area contributed by atoms with Crippen molar-refractivity contribution >= 4 is 0 Å². The number of hydrogen-bond acceptors (Lipinski definition) is 1. The second-order valence-electron chi connectivity index (χ2n) is 8.38. The van der Waals surface area contributed by atoms with Crippen molar-refractivity contribution in [3.05, 3.63) is 0 Å². The summed E-state index contributed by atoms with van der Waals surface area (Å²) in [6.07, 6.45) is 5.12. The molecule has 1 spiro atoms. The van der Waals surface area contributed by atoms with Gasteiger partial charge < -0.3 is 5.11 Å². The molecule has 0 amide bonds. The summed E-state index contributed by atoms with van der Waals surface area (Å²) in [5, 5.41) is 10.6. The van der Waals surface area contributed by atoms with Crippen LogP contribution in [0.1, 0.15) is 60.3 Å². The minimum absolute atomic E-state index is 0.0916. The number of rotatable bonds is 0. The van der Waals surface area contributed by atoms with Crippen LogP contribution in [0.15, 0.2) is 0 Å². The van der Waals surface area contributed by atoms with Crippen LogP contribution in [0.5, 0.6) is 0 Å². The molecule has 1 N–H and O–H groups in total. The molecule has 1 nitrogen and oxygen atoms in total. The van der Waals surface area contributed by atoms with Crippen LogP contribution in [0.4, 0.5) is 0 Å². The molecule has 0 unspecified atom stereocenters. The van der Waals surface area contributed by atoms with Crippen LogP contribution in [0.25, 0.3) is 0 Å². The summed E-state index contributed by atoms with van der Waals surface area (Å²) < 4.78 is 0. The Morgan fingerprint density at radius 2 is 1.53 bits per heavy atom. The third-order valence-corrected chi connectivity index (χ3v) is 7.27. The smallest absolute Gasteiger partial charge is 0.0599 e. The molecule has 2 bridgehead atoms. The number of hydrogen-bond donors (Lipinski definition) is 1. The molecule has 3 fully saturated rings. The van der Waals surface area contributed by atoms with Crippen molar-refractivity contribution in [2.45, 2.75) is 66.4 Å². The van der Waals surface area contributed by atoms with Gasteiger partial charge in [0.1, 0.15) is 0 Å². The van der Waals surface area contributed by atoms with Crippen LogP contribution < -0.4 is 0 Å². The lowest BCUT2D eigenvalue weighted by Crippen LogP contribution is -2.46. The fraction of sp³-hybridized carbons (Fsp3) is 1.00. The Labute approximate surface area is 106 Å². The van der Waals surface area contributed by atoms with Gasteiger partial charge in [-0.1, -0.05) is 34.6 Å². The molecule has 0 radical (unpaired) electrons. The van der Waals surface area contributed by atoms with Crippen LogP contribution in [0.2, 0.25) is 0 Å². The van der Waals surface area contributed by atoms with Gasteiger partial charge in [0.15, 0.2) is 0 Å². The Balaban J connectivity index is 2.10. The van der Waals surface area contributed by atoms with Crippen LogP contribution in [0, 0.1) is 34.0 Å². The van der Waals surface area contributed by atoms with E-state index >= 15 is 0 Å². The number of aliphatic hydroxyl groups excluding tert-OH is 1. The lowest BCUT2D eigenvalue weighted by Gasteiger charge is -2.48. The Morgan fingerprint density at radius 3 is 2.18 bits per heavy atom. The first-order valence-corrected chi connectivity index (χ1v) is 7.41. The van der Waals surface area contributed by atoms with Gasteiger partial charge in [-0.3, -0.25) is 0 Å². The Kier molecular flexibility index (Phi) is 2.19. The molecule has 3 aliphatic carbocycles. The molecule has 3 aliphatic rings. The van der Waals surface area contributed by atoms with Gasteiger partial charge in [-0.05, 0) is 59.7 Å². The fourth-order valence-electron chi connectivity index (χ4n) is 6.18. The molecular weight excluding hydrogens is 208 g/mol. The van der Waals surface area contributed by atoms with Gasteiger partial charge in [0.05, 0.1) is 6.10 Å². The molecule has 5 atom stereocenters. The highest BCUT2D eigenvalue weighted by Crippen LogP contribution is 2.74. The Morgan fingerprint density at radius 1 is 0.882 bits per heavy atom. The third-order valence-electron chi connectivity index (χ3n) is 7.27. The average molecular weight is 236 g/mol.